The van der Waals surface area contributed by atoms with E-state index in [-0.39, 0.29) is 0 Å². The van der Waals surface area contributed by atoms with Crippen LogP contribution in [0.15, 0.2) is 0 Å². The zero-order valence-electron chi connectivity index (χ0n) is 11.4. The van der Waals surface area contributed by atoms with Crippen molar-refractivity contribution < 1.29 is 0 Å². The normalized spacial score (nSPS) is 29.2. The fourth-order valence-electron chi connectivity index (χ4n) is 3.03. The standard InChI is InChI=1S/C14H30N2/c1-4-6-7-13(5-2)16-9-8-12(3)10-14(16)11-15/h12-14H,4-11,15H2,1-3H3. The van der Waals surface area contributed by atoms with E-state index in [4.69, 9.17) is 5.73 Å². The molecule has 0 aromatic rings. The highest BCUT2D eigenvalue weighted by atomic mass is 15.2. The molecular formula is C14H30N2. The van der Waals surface area contributed by atoms with Crippen LogP contribution < -0.4 is 5.73 Å². The molecule has 2 heteroatoms. The molecule has 1 rings (SSSR count). The van der Waals surface area contributed by atoms with Crippen LogP contribution in [-0.2, 0) is 0 Å². The minimum absolute atomic E-state index is 0.644. The number of likely N-dealkylation sites (tertiary alicyclic amines) is 1. The summed E-state index contributed by atoms with van der Waals surface area (Å²) >= 11 is 0. The lowest BCUT2D eigenvalue weighted by atomic mass is 9.89. The van der Waals surface area contributed by atoms with Crippen LogP contribution in [0, 0.1) is 5.92 Å². The molecule has 2 N–H and O–H groups in total. The quantitative estimate of drug-likeness (QED) is 0.754. The molecular weight excluding hydrogens is 196 g/mol. The van der Waals surface area contributed by atoms with Crippen molar-refractivity contribution in [2.45, 2.75) is 71.4 Å². The maximum Gasteiger partial charge on any atom is 0.0223 e. The third kappa shape index (κ3) is 3.74. The fourth-order valence-corrected chi connectivity index (χ4v) is 3.03. The van der Waals surface area contributed by atoms with Crippen molar-refractivity contribution >= 4 is 0 Å². The van der Waals surface area contributed by atoms with Crippen molar-refractivity contribution in [3.8, 4) is 0 Å². The zero-order valence-corrected chi connectivity index (χ0v) is 11.4. The number of rotatable bonds is 6. The van der Waals surface area contributed by atoms with Gasteiger partial charge in [-0.05, 0) is 38.1 Å². The molecule has 1 aliphatic rings. The van der Waals surface area contributed by atoms with Gasteiger partial charge in [-0.25, -0.2) is 0 Å². The molecule has 0 aromatic heterocycles. The summed E-state index contributed by atoms with van der Waals surface area (Å²) in [6.45, 7) is 9.09. The highest BCUT2D eigenvalue weighted by Crippen LogP contribution is 2.26. The Morgan fingerprint density at radius 3 is 2.69 bits per heavy atom. The monoisotopic (exact) mass is 226 g/mol. The van der Waals surface area contributed by atoms with E-state index in [2.05, 4.69) is 25.7 Å². The lowest BCUT2D eigenvalue weighted by Gasteiger charge is -2.43. The summed E-state index contributed by atoms with van der Waals surface area (Å²) in [7, 11) is 0. The molecule has 3 atom stereocenters. The van der Waals surface area contributed by atoms with Crippen LogP contribution in [0.2, 0.25) is 0 Å². The van der Waals surface area contributed by atoms with Crippen LogP contribution in [0.5, 0.6) is 0 Å². The second-order valence-corrected chi connectivity index (χ2v) is 5.46. The number of piperidine rings is 1. The molecule has 1 fully saturated rings. The van der Waals surface area contributed by atoms with E-state index in [0.717, 1.165) is 18.5 Å². The lowest BCUT2D eigenvalue weighted by Crippen LogP contribution is -2.51. The highest BCUT2D eigenvalue weighted by molar-refractivity contribution is 4.85. The van der Waals surface area contributed by atoms with Crippen LogP contribution in [0.3, 0.4) is 0 Å². The Balaban J connectivity index is 2.52. The minimum atomic E-state index is 0.644. The van der Waals surface area contributed by atoms with Gasteiger partial charge < -0.3 is 5.73 Å². The fraction of sp³-hybridized carbons (Fsp3) is 1.00. The molecule has 16 heavy (non-hydrogen) atoms. The average molecular weight is 226 g/mol. The Labute approximate surface area is 102 Å². The Bertz CT molecular complexity index is 182. The smallest absolute Gasteiger partial charge is 0.0223 e. The van der Waals surface area contributed by atoms with Crippen molar-refractivity contribution in [3.63, 3.8) is 0 Å². The molecule has 0 radical (unpaired) electrons. The summed E-state index contributed by atoms with van der Waals surface area (Å²) in [5, 5.41) is 0. The van der Waals surface area contributed by atoms with Crippen LogP contribution in [-0.4, -0.2) is 30.1 Å². The first-order chi connectivity index (χ1) is 7.72. The summed E-state index contributed by atoms with van der Waals surface area (Å²) in [4.78, 5) is 2.70. The third-order valence-corrected chi connectivity index (χ3v) is 4.13. The molecule has 1 saturated heterocycles. The number of hydrogen-bond donors (Lipinski definition) is 1. The number of nitrogens with two attached hydrogens (primary N) is 1. The van der Waals surface area contributed by atoms with Gasteiger partial charge in [0.05, 0.1) is 0 Å². The minimum Gasteiger partial charge on any atom is -0.329 e. The largest absolute Gasteiger partial charge is 0.329 e. The van der Waals surface area contributed by atoms with Crippen LogP contribution >= 0.6 is 0 Å². The predicted molar refractivity (Wildman–Crippen MR) is 71.6 cm³/mol. The molecule has 0 bridgehead atoms. The van der Waals surface area contributed by atoms with Gasteiger partial charge in [0.1, 0.15) is 0 Å². The van der Waals surface area contributed by atoms with Crippen LogP contribution in [0.25, 0.3) is 0 Å². The maximum atomic E-state index is 5.94. The van der Waals surface area contributed by atoms with E-state index < -0.39 is 0 Å². The molecule has 1 aliphatic heterocycles. The molecule has 3 unspecified atom stereocenters. The van der Waals surface area contributed by atoms with Crippen molar-refractivity contribution in [2.24, 2.45) is 11.7 Å². The van der Waals surface area contributed by atoms with Crippen molar-refractivity contribution in [1.82, 2.24) is 4.90 Å². The van der Waals surface area contributed by atoms with E-state index in [0.29, 0.717) is 6.04 Å². The summed E-state index contributed by atoms with van der Waals surface area (Å²) in [5.74, 6) is 0.869. The SMILES string of the molecule is CCCCC(CC)N1CCC(C)CC1CN. The Morgan fingerprint density at radius 2 is 2.12 bits per heavy atom. The summed E-state index contributed by atoms with van der Waals surface area (Å²) in [6.07, 6.45) is 7.98. The number of nitrogens with zero attached hydrogens (tertiary/aromatic N) is 1. The average Bonchev–Trinajstić information content (AvgIpc) is 2.31. The Morgan fingerprint density at radius 1 is 1.38 bits per heavy atom. The molecule has 0 spiro atoms. The van der Waals surface area contributed by atoms with Gasteiger partial charge in [0, 0.05) is 18.6 Å². The molecule has 0 aromatic carbocycles. The predicted octanol–water partition coefficient (Wildman–Crippen LogP) is 3.01. The Hall–Kier alpha value is -0.0800. The molecule has 96 valence electrons. The molecule has 0 aliphatic carbocycles. The Kier molecular flexibility index (Phi) is 6.37. The molecule has 0 saturated carbocycles. The summed E-state index contributed by atoms with van der Waals surface area (Å²) in [6, 6.07) is 1.42. The van der Waals surface area contributed by atoms with Crippen molar-refractivity contribution in [2.75, 3.05) is 13.1 Å². The van der Waals surface area contributed by atoms with Crippen molar-refractivity contribution in [3.05, 3.63) is 0 Å². The van der Waals surface area contributed by atoms with Crippen molar-refractivity contribution in [1.29, 1.82) is 0 Å². The van der Waals surface area contributed by atoms with Gasteiger partial charge in [-0.1, -0.05) is 33.6 Å². The zero-order chi connectivity index (χ0) is 12.0. The van der Waals surface area contributed by atoms with Gasteiger partial charge in [0.15, 0.2) is 0 Å². The van der Waals surface area contributed by atoms with E-state index in [9.17, 15) is 0 Å². The number of unbranched alkanes of at least 4 members (excludes halogenated alkanes) is 1. The van der Waals surface area contributed by atoms with Gasteiger partial charge in [-0.2, -0.15) is 0 Å². The van der Waals surface area contributed by atoms with Gasteiger partial charge >= 0.3 is 0 Å². The van der Waals surface area contributed by atoms with E-state index in [1.54, 1.807) is 0 Å². The van der Waals surface area contributed by atoms with Gasteiger partial charge in [-0.15, -0.1) is 0 Å². The van der Waals surface area contributed by atoms with Gasteiger partial charge in [-0.3, -0.25) is 4.90 Å². The summed E-state index contributed by atoms with van der Waals surface area (Å²) in [5.41, 5.74) is 5.94. The first kappa shape index (κ1) is 14.0. The van der Waals surface area contributed by atoms with Crippen LogP contribution in [0.4, 0.5) is 0 Å². The highest BCUT2D eigenvalue weighted by Gasteiger charge is 2.29. The topological polar surface area (TPSA) is 29.3 Å². The molecule has 0 amide bonds. The first-order valence-corrected chi connectivity index (χ1v) is 7.18. The van der Waals surface area contributed by atoms with E-state index in [1.165, 1.54) is 45.1 Å². The number of hydrogen-bond acceptors (Lipinski definition) is 2. The van der Waals surface area contributed by atoms with Crippen LogP contribution in [0.1, 0.15) is 59.3 Å². The van der Waals surface area contributed by atoms with Gasteiger partial charge in [0.2, 0.25) is 0 Å². The first-order valence-electron chi connectivity index (χ1n) is 7.18. The second-order valence-electron chi connectivity index (χ2n) is 5.46. The summed E-state index contributed by atoms with van der Waals surface area (Å²) < 4.78 is 0. The van der Waals surface area contributed by atoms with E-state index in [1.807, 2.05) is 0 Å². The van der Waals surface area contributed by atoms with Gasteiger partial charge in [0.25, 0.3) is 0 Å². The maximum absolute atomic E-state index is 5.94. The molecule has 1 heterocycles. The van der Waals surface area contributed by atoms with E-state index >= 15 is 0 Å². The lowest BCUT2D eigenvalue weighted by molar-refractivity contribution is 0.0685. The third-order valence-electron chi connectivity index (χ3n) is 4.13. The second kappa shape index (κ2) is 7.29. The molecule has 2 nitrogen and oxygen atoms in total.